The summed E-state index contributed by atoms with van der Waals surface area (Å²) in [5.74, 6) is -0.912. The molecule has 1 aromatic carbocycles. The Balaban J connectivity index is 1.52. The van der Waals surface area contributed by atoms with Gasteiger partial charge >= 0.3 is 6.09 Å². The summed E-state index contributed by atoms with van der Waals surface area (Å²) in [6, 6.07) is 8.12. The minimum atomic E-state index is -0.659. The molecule has 0 unspecified atom stereocenters. The van der Waals surface area contributed by atoms with E-state index < -0.39 is 17.5 Å². The van der Waals surface area contributed by atoms with Crippen molar-refractivity contribution < 1.29 is 23.5 Å². The number of allylic oxidation sites excluding steroid dienone is 2. The monoisotopic (exact) mass is 501 g/mol. The predicted molar refractivity (Wildman–Crippen MR) is 133 cm³/mol. The largest absolute Gasteiger partial charge is 0.444 e. The van der Waals surface area contributed by atoms with Gasteiger partial charge in [0.1, 0.15) is 11.4 Å². The Morgan fingerprint density at radius 3 is 2.62 bits per heavy atom. The van der Waals surface area contributed by atoms with Gasteiger partial charge in [-0.15, -0.1) is 10.2 Å². The molecule has 0 atom stereocenters. The molecule has 0 N–H and O–H groups in total. The van der Waals surface area contributed by atoms with E-state index in [1.807, 2.05) is 10.6 Å². The van der Waals surface area contributed by atoms with Gasteiger partial charge in [-0.05, 0) is 50.6 Å². The number of benzene rings is 1. The second-order valence-corrected chi connectivity index (χ2v) is 10.3. The number of aromatic nitrogens is 4. The number of amides is 1. The van der Waals surface area contributed by atoms with Crippen LogP contribution < -0.4 is 0 Å². The van der Waals surface area contributed by atoms with Gasteiger partial charge in [0.2, 0.25) is 0 Å². The first-order chi connectivity index (χ1) is 17.6. The average molecular weight is 502 g/mol. The lowest BCUT2D eigenvalue weighted by Gasteiger charge is -2.26. The van der Waals surface area contributed by atoms with Gasteiger partial charge in [-0.1, -0.05) is 6.07 Å². The van der Waals surface area contributed by atoms with Crippen LogP contribution in [0.25, 0.3) is 27.7 Å². The zero-order valence-corrected chi connectivity index (χ0v) is 20.6. The third-order valence-corrected chi connectivity index (χ3v) is 6.58. The Morgan fingerprint density at radius 1 is 1.05 bits per heavy atom. The predicted octanol–water partition coefficient (Wildman–Crippen LogP) is 4.03. The van der Waals surface area contributed by atoms with Crippen molar-refractivity contribution in [1.82, 2.24) is 24.1 Å². The number of halogens is 1. The Kier molecular flexibility index (Phi) is 5.05. The molecule has 4 heterocycles. The number of nitrogens with zero attached hydrogens (tertiary/aromatic N) is 5. The number of pyridine rings is 1. The summed E-state index contributed by atoms with van der Waals surface area (Å²) >= 11 is 0. The topological polar surface area (TPSA) is 98.8 Å². The van der Waals surface area contributed by atoms with Crippen LogP contribution in [0.2, 0.25) is 0 Å². The van der Waals surface area contributed by atoms with E-state index in [-0.39, 0.29) is 41.5 Å². The first-order valence-electron chi connectivity index (χ1n) is 12.0. The molecule has 1 aliphatic heterocycles. The average Bonchev–Trinajstić information content (AvgIpc) is 3.43. The maximum absolute atomic E-state index is 14.9. The lowest BCUT2D eigenvalue weighted by molar-refractivity contribution is -0.119. The zero-order chi connectivity index (χ0) is 26.1. The van der Waals surface area contributed by atoms with Crippen molar-refractivity contribution in [2.75, 3.05) is 6.54 Å². The van der Waals surface area contributed by atoms with E-state index in [0.717, 1.165) is 0 Å². The number of fused-ring (bicyclic) bond motifs is 1. The molecule has 2 aliphatic rings. The quantitative estimate of drug-likeness (QED) is 0.385. The summed E-state index contributed by atoms with van der Waals surface area (Å²) in [4.78, 5) is 40.6. The van der Waals surface area contributed by atoms with E-state index in [9.17, 15) is 18.8 Å². The Bertz CT molecular complexity index is 1670. The minimum Gasteiger partial charge on any atom is -0.444 e. The van der Waals surface area contributed by atoms with Crippen LogP contribution in [-0.4, -0.2) is 53.9 Å². The van der Waals surface area contributed by atoms with E-state index >= 15 is 0 Å². The normalized spacial score (nSPS) is 16.3. The number of hydrogen-bond acceptors (Lipinski definition) is 6. The van der Waals surface area contributed by atoms with Crippen molar-refractivity contribution in [3.05, 3.63) is 65.5 Å². The van der Waals surface area contributed by atoms with E-state index in [1.165, 1.54) is 12.1 Å². The molecule has 1 aliphatic carbocycles. The number of ketones is 2. The molecule has 10 heteroatoms. The SMILES string of the molecule is CC(C)(C)OC(=O)N1CCn2cc(C3=C(c4nnc5ccccn45)C(=O)CC3=O)c3cc(F)cc(c32)C1. The lowest BCUT2D eigenvalue weighted by Crippen LogP contribution is -2.37. The second kappa shape index (κ2) is 8.09. The summed E-state index contributed by atoms with van der Waals surface area (Å²) in [7, 11) is 0. The van der Waals surface area contributed by atoms with Gasteiger partial charge in [-0.25, -0.2) is 9.18 Å². The minimum absolute atomic E-state index is 0.153. The van der Waals surface area contributed by atoms with Crippen molar-refractivity contribution in [3.63, 3.8) is 0 Å². The summed E-state index contributed by atoms with van der Waals surface area (Å²) in [6.45, 7) is 6.28. The van der Waals surface area contributed by atoms with Gasteiger partial charge in [0.15, 0.2) is 23.0 Å². The molecule has 9 nitrogen and oxygen atoms in total. The smallest absolute Gasteiger partial charge is 0.410 e. The highest BCUT2D eigenvalue weighted by molar-refractivity contribution is 6.51. The van der Waals surface area contributed by atoms with E-state index in [1.54, 1.807) is 54.6 Å². The zero-order valence-electron chi connectivity index (χ0n) is 20.6. The Hall–Kier alpha value is -4.34. The highest BCUT2D eigenvalue weighted by atomic mass is 19.1. The highest BCUT2D eigenvalue weighted by Gasteiger charge is 2.37. The van der Waals surface area contributed by atoms with Crippen LogP contribution in [-0.2, 0) is 27.4 Å². The maximum Gasteiger partial charge on any atom is 0.410 e. The molecule has 6 rings (SSSR count). The fourth-order valence-electron chi connectivity index (χ4n) is 5.12. The maximum atomic E-state index is 14.9. The molecule has 37 heavy (non-hydrogen) atoms. The highest BCUT2D eigenvalue weighted by Crippen LogP contribution is 2.40. The third kappa shape index (κ3) is 3.80. The third-order valence-electron chi connectivity index (χ3n) is 6.58. The molecule has 3 aromatic heterocycles. The van der Waals surface area contributed by atoms with Crippen molar-refractivity contribution in [2.45, 2.75) is 45.9 Å². The molecular weight excluding hydrogens is 477 g/mol. The van der Waals surface area contributed by atoms with Crippen LogP contribution in [0.5, 0.6) is 0 Å². The molecule has 0 saturated carbocycles. The molecule has 0 spiro atoms. The van der Waals surface area contributed by atoms with Crippen LogP contribution in [0.1, 0.15) is 44.1 Å². The first kappa shape index (κ1) is 23.1. The summed E-state index contributed by atoms with van der Waals surface area (Å²) < 4.78 is 24.0. The molecule has 1 amide bonds. The molecule has 0 saturated heterocycles. The van der Waals surface area contributed by atoms with E-state index in [2.05, 4.69) is 10.2 Å². The van der Waals surface area contributed by atoms with Crippen molar-refractivity contribution in [3.8, 4) is 0 Å². The van der Waals surface area contributed by atoms with Crippen LogP contribution in [0.4, 0.5) is 9.18 Å². The van der Waals surface area contributed by atoms with Gasteiger partial charge < -0.3 is 14.2 Å². The summed E-state index contributed by atoms with van der Waals surface area (Å²) in [5.41, 5.74) is 2.06. The molecule has 0 fully saturated rings. The van der Waals surface area contributed by atoms with Crippen molar-refractivity contribution in [1.29, 1.82) is 0 Å². The van der Waals surface area contributed by atoms with Gasteiger partial charge in [-0.2, -0.15) is 0 Å². The van der Waals surface area contributed by atoms with Crippen LogP contribution in [0, 0.1) is 5.82 Å². The molecule has 0 radical (unpaired) electrons. The molecular formula is C27H24FN5O4. The number of ether oxygens (including phenoxy) is 1. The number of carbonyl (C=O) groups is 3. The van der Waals surface area contributed by atoms with Gasteiger partial charge in [0, 0.05) is 42.0 Å². The Labute approximate surface area is 211 Å². The van der Waals surface area contributed by atoms with Crippen molar-refractivity contribution >= 4 is 45.4 Å². The van der Waals surface area contributed by atoms with E-state index in [0.29, 0.717) is 40.8 Å². The molecule has 188 valence electrons. The van der Waals surface area contributed by atoms with Crippen molar-refractivity contribution in [2.24, 2.45) is 0 Å². The van der Waals surface area contributed by atoms with E-state index in [4.69, 9.17) is 4.74 Å². The second-order valence-electron chi connectivity index (χ2n) is 10.3. The van der Waals surface area contributed by atoms with Crippen LogP contribution in [0.3, 0.4) is 0 Å². The molecule has 0 bridgehead atoms. The van der Waals surface area contributed by atoms with Gasteiger partial charge in [0.05, 0.1) is 24.1 Å². The molecule has 4 aromatic rings. The lowest BCUT2D eigenvalue weighted by atomic mass is 9.98. The fourth-order valence-corrected chi connectivity index (χ4v) is 5.12. The standard InChI is InChI=1S/C27H24FN5O4/c1-27(2,3)37-26(36)32-9-8-31-14-18(17-11-16(28)10-15(13-32)24(17)31)22-19(34)12-20(35)23(22)25-30-29-21-6-4-5-7-33(21)25/h4-7,10-11,14H,8-9,12-13H2,1-3H3. The number of Topliss-reactive ketones (excluding diaryl/α,β-unsaturated/α-hetero) is 2. The number of carbonyl (C=O) groups excluding carboxylic acids is 3. The Morgan fingerprint density at radius 2 is 1.84 bits per heavy atom. The van der Waals surface area contributed by atoms with Gasteiger partial charge in [0.25, 0.3) is 0 Å². The fraction of sp³-hybridized carbons (Fsp3) is 0.296. The summed E-state index contributed by atoms with van der Waals surface area (Å²) in [6.07, 6.45) is 2.74. The van der Waals surface area contributed by atoms with Crippen LogP contribution in [0.15, 0.2) is 42.7 Å². The first-order valence-corrected chi connectivity index (χ1v) is 12.0. The number of rotatable bonds is 2. The van der Waals surface area contributed by atoms with Gasteiger partial charge in [-0.3, -0.25) is 14.0 Å². The summed E-state index contributed by atoms with van der Waals surface area (Å²) in [5, 5.41) is 8.85. The number of hydrogen-bond donors (Lipinski definition) is 0. The van der Waals surface area contributed by atoms with Crippen LogP contribution >= 0.6 is 0 Å².